The summed E-state index contributed by atoms with van der Waals surface area (Å²) in [5.41, 5.74) is 0.952. The lowest BCUT2D eigenvalue weighted by atomic mass is 10.3. The van der Waals surface area contributed by atoms with E-state index in [4.69, 9.17) is 5.11 Å². The van der Waals surface area contributed by atoms with Crippen LogP contribution >= 0.6 is 0 Å². The first-order valence-electron chi connectivity index (χ1n) is 6.36. The van der Waals surface area contributed by atoms with Crippen LogP contribution in [0.5, 0.6) is 0 Å². The molecule has 1 saturated carbocycles. The molecule has 1 aliphatic carbocycles. The fourth-order valence-electron chi connectivity index (χ4n) is 1.73. The first-order chi connectivity index (χ1) is 8.83. The summed E-state index contributed by atoms with van der Waals surface area (Å²) in [6.07, 6.45) is 4.34. The van der Waals surface area contributed by atoms with Crippen LogP contribution in [0.1, 0.15) is 18.5 Å². The second-order valence-corrected chi connectivity index (χ2v) is 4.50. The van der Waals surface area contributed by atoms with E-state index < -0.39 is 0 Å². The largest absolute Gasteiger partial charge is 0.395 e. The Kier molecular flexibility index (Phi) is 4.66. The van der Waals surface area contributed by atoms with Crippen molar-refractivity contribution in [2.75, 3.05) is 24.6 Å². The van der Waals surface area contributed by atoms with Gasteiger partial charge in [-0.1, -0.05) is 6.08 Å². The van der Waals surface area contributed by atoms with Crippen molar-refractivity contribution in [2.24, 2.45) is 0 Å². The van der Waals surface area contributed by atoms with Gasteiger partial charge in [0.25, 0.3) is 0 Å². The molecular weight excluding hydrogens is 228 g/mol. The molecule has 0 bridgehead atoms. The number of aliphatic hydroxyl groups is 1. The zero-order valence-electron chi connectivity index (χ0n) is 10.5. The second-order valence-electron chi connectivity index (χ2n) is 4.50. The molecule has 0 amide bonds. The fraction of sp³-hybridized carbons (Fsp3) is 0.538. The van der Waals surface area contributed by atoms with Crippen molar-refractivity contribution < 1.29 is 5.11 Å². The Labute approximate surface area is 108 Å². The molecular formula is C13H20N4O. The van der Waals surface area contributed by atoms with E-state index in [9.17, 15) is 0 Å². The highest BCUT2D eigenvalue weighted by atomic mass is 16.3. The van der Waals surface area contributed by atoms with E-state index in [1.54, 1.807) is 6.08 Å². The van der Waals surface area contributed by atoms with Crippen LogP contribution < -0.4 is 10.2 Å². The maximum absolute atomic E-state index is 9.00. The van der Waals surface area contributed by atoms with Gasteiger partial charge >= 0.3 is 0 Å². The van der Waals surface area contributed by atoms with E-state index in [0.717, 1.165) is 18.1 Å². The van der Waals surface area contributed by atoms with Gasteiger partial charge in [0.05, 0.1) is 12.3 Å². The molecule has 0 aromatic carbocycles. The molecule has 98 valence electrons. The summed E-state index contributed by atoms with van der Waals surface area (Å²) >= 11 is 0. The van der Waals surface area contributed by atoms with Crippen molar-refractivity contribution >= 4 is 5.82 Å². The molecule has 5 heteroatoms. The van der Waals surface area contributed by atoms with Crippen LogP contribution in [-0.4, -0.2) is 41.0 Å². The van der Waals surface area contributed by atoms with Crippen molar-refractivity contribution in [3.8, 4) is 0 Å². The van der Waals surface area contributed by atoms with Crippen LogP contribution in [0.2, 0.25) is 0 Å². The number of rotatable bonds is 8. The van der Waals surface area contributed by atoms with Crippen LogP contribution in [0.25, 0.3) is 0 Å². The zero-order valence-corrected chi connectivity index (χ0v) is 10.5. The molecule has 5 nitrogen and oxygen atoms in total. The lowest BCUT2D eigenvalue weighted by Gasteiger charge is -2.20. The fourth-order valence-corrected chi connectivity index (χ4v) is 1.73. The highest BCUT2D eigenvalue weighted by Gasteiger charge is 2.20. The summed E-state index contributed by atoms with van der Waals surface area (Å²) in [5.74, 6) is 0.777. The summed E-state index contributed by atoms with van der Waals surface area (Å²) < 4.78 is 0. The normalized spacial score (nSPS) is 14.5. The predicted molar refractivity (Wildman–Crippen MR) is 71.4 cm³/mol. The van der Waals surface area contributed by atoms with Gasteiger partial charge in [-0.3, -0.25) is 0 Å². The maximum atomic E-state index is 9.00. The van der Waals surface area contributed by atoms with E-state index in [0.29, 0.717) is 19.1 Å². The number of hydrogen-bond acceptors (Lipinski definition) is 5. The van der Waals surface area contributed by atoms with Crippen molar-refractivity contribution in [3.05, 3.63) is 30.5 Å². The van der Waals surface area contributed by atoms with E-state index in [2.05, 4.69) is 22.1 Å². The molecule has 0 spiro atoms. The maximum Gasteiger partial charge on any atom is 0.151 e. The van der Waals surface area contributed by atoms with Crippen LogP contribution in [-0.2, 0) is 6.54 Å². The monoisotopic (exact) mass is 248 g/mol. The van der Waals surface area contributed by atoms with Crippen LogP contribution in [0.15, 0.2) is 24.8 Å². The van der Waals surface area contributed by atoms with Gasteiger partial charge in [0.1, 0.15) is 0 Å². The molecule has 1 heterocycles. The lowest BCUT2D eigenvalue weighted by Crippen LogP contribution is -2.28. The highest BCUT2D eigenvalue weighted by molar-refractivity contribution is 5.38. The first-order valence-corrected chi connectivity index (χ1v) is 6.36. The number of hydrogen-bond donors (Lipinski definition) is 2. The van der Waals surface area contributed by atoms with Gasteiger partial charge in [0.2, 0.25) is 0 Å². The molecule has 1 aromatic rings. The molecule has 0 saturated heterocycles. The molecule has 0 unspecified atom stereocenters. The standard InChI is InChI=1S/C13H20N4O/c1-2-7-17(8-9-18)13-6-5-12(15-16-13)10-14-11-3-4-11/h2,5-6,11,14,18H,1,3-4,7-10H2. The van der Waals surface area contributed by atoms with Crippen LogP contribution in [0.4, 0.5) is 5.82 Å². The number of anilines is 1. The molecule has 1 fully saturated rings. The van der Waals surface area contributed by atoms with Crippen LogP contribution in [0, 0.1) is 0 Å². The van der Waals surface area contributed by atoms with E-state index in [-0.39, 0.29) is 6.61 Å². The van der Waals surface area contributed by atoms with E-state index in [1.807, 2.05) is 17.0 Å². The Hall–Kier alpha value is -1.46. The number of aliphatic hydroxyl groups excluding tert-OH is 1. The Morgan fingerprint density at radius 2 is 2.28 bits per heavy atom. The van der Waals surface area contributed by atoms with Crippen LogP contribution in [0.3, 0.4) is 0 Å². The topological polar surface area (TPSA) is 61.3 Å². The molecule has 0 aliphatic heterocycles. The van der Waals surface area contributed by atoms with Gasteiger partial charge in [-0.2, -0.15) is 5.10 Å². The van der Waals surface area contributed by atoms with Crippen molar-refractivity contribution in [1.29, 1.82) is 0 Å². The molecule has 1 aromatic heterocycles. The van der Waals surface area contributed by atoms with Gasteiger partial charge in [-0.15, -0.1) is 11.7 Å². The molecule has 2 N–H and O–H groups in total. The summed E-state index contributed by atoms with van der Waals surface area (Å²) in [4.78, 5) is 1.94. The van der Waals surface area contributed by atoms with Gasteiger partial charge in [0, 0.05) is 25.7 Å². The number of aromatic nitrogens is 2. The summed E-state index contributed by atoms with van der Waals surface area (Å²) in [6, 6.07) is 4.60. The SMILES string of the molecule is C=CCN(CCO)c1ccc(CNC2CC2)nn1. The first kappa shape index (κ1) is 13.0. The summed E-state index contributed by atoms with van der Waals surface area (Å²) in [5, 5.41) is 20.8. The minimum absolute atomic E-state index is 0.0977. The Balaban J connectivity index is 1.92. The third kappa shape index (κ3) is 3.78. The number of nitrogens with zero attached hydrogens (tertiary/aromatic N) is 3. The van der Waals surface area contributed by atoms with Crippen molar-refractivity contribution in [1.82, 2.24) is 15.5 Å². The average molecular weight is 248 g/mol. The highest BCUT2D eigenvalue weighted by Crippen LogP contribution is 2.19. The average Bonchev–Trinajstić information content (AvgIpc) is 3.21. The second kappa shape index (κ2) is 6.47. The summed E-state index contributed by atoms with van der Waals surface area (Å²) in [6.45, 7) is 5.78. The van der Waals surface area contributed by atoms with Gasteiger partial charge in [-0.25, -0.2) is 0 Å². The third-order valence-electron chi connectivity index (χ3n) is 2.90. The van der Waals surface area contributed by atoms with Crippen molar-refractivity contribution in [2.45, 2.75) is 25.4 Å². The van der Waals surface area contributed by atoms with E-state index in [1.165, 1.54) is 12.8 Å². The Morgan fingerprint density at radius 1 is 1.44 bits per heavy atom. The Morgan fingerprint density at radius 3 is 2.83 bits per heavy atom. The third-order valence-corrected chi connectivity index (χ3v) is 2.90. The quantitative estimate of drug-likeness (QED) is 0.664. The predicted octanol–water partition coefficient (Wildman–Crippen LogP) is 0.713. The van der Waals surface area contributed by atoms with Crippen molar-refractivity contribution in [3.63, 3.8) is 0 Å². The zero-order chi connectivity index (χ0) is 12.8. The minimum atomic E-state index is 0.0977. The molecule has 0 atom stereocenters. The molecule has 1 aliphatic rings. The van der Waals surface area contributed by atoms with Gasteiger partial charge < -0.3 is 15.3 Å². The Bertz CT molecular complexity index is 375. The minimum Gasteiger partial charge on any atom is -0.395 e. The van der Waals surface area contributed by atoms with Gasteiger partial charge in [0.15, 0.2) is 5.82 Å². The van der Waals surface area contributed by atoms with Gasteiger partial charge in [-0.05, 0) is 25.0 Å². The molecule has 18 heavy (non-hydrogen) atoms. The number of nitrogens with one attached hydrogen (secondary N) is 1. The lowest BCUT2D eigenvalue weighted by molar-refractivity contribution is 0.302. The molecule has 2 rings (SSSR count). The molecule has 0 radical (unpaired) electrons. The summed E-state index contributed by atoms with van der Waals surface area (Å²) in [7, 11) is 0. The smallest absolute Gasteiger partial charge is 0.151 e. The van der Waals surface area contributed by atoms with E-state index >= 15 is 0 Å².